The normalized spacial score (nSPS) is 12.2. The van der Waals surface area contributed by atoms with E-state index in [0.717, 1.165) is 16.5 Å². The van der Waals surface area contributed by atoms with Crippen LogP contribution in [0, 0.1) is 10.1 Å². The first-order valence-corrected chi connectivity index (χ1v) is 12.8. The number of benzene rings is 3. The fourth-order valence-corrected chi connectivity index (χ4v) is 4.33. The number of aromatic nitrogens is 2. The van der Waals surface area contributed by atoms with Crippen LogP contribution in [0.2, 0.25) is 10.0 Å². The molecule has 11 heteroatoms. The number of fused-ring (bicyclic) bond motifs is 1. The van der Waals surface area contributed by atoms with Crippen LogP contribution < -0.4 is 10.3 Å². The van der Waals surface area contributed by atoms with E-state index in [2.05, 4.69) is 26.0 Å². The Morgan fingerprint density at radius 3 is 2.57 bits per heavy atom. The summed E-state index contributed by atoms with van der Waals surface area (Å²) in [7, 11) is 0. The average molecular weight is 604 g/mol. The van der Waals surface area contributed by atoms with Gasteiger partial charge in [-0.2, -0.15) is 9.78 Å². The van der Waals surface area contributed by atoms with Crippen LogP contribution in [0.25, 0.3) is 10.9 Å². The molecule has 4 rings (SSSR count). The van der Waals surface area contributed by atoms with Crippen LogP contribution in [0.3, 0.4) is 0 Å². The largest absolute Gasteiger partial charge is 0.481 e. The van der Waals surface area contributed by atoms with Crippen molar-refractivity contribution in [2.24, 2.45) is 5.10 Å². The Labute approximate surface area is 230 Å². The molecule has 0 aliphatic carbocycles. The highest BCUT2D eigenvalue weighted by molar-refractivity contribution is 9.10. The Balaban J connectivity index is 1.83. The number of nitrogens with zero attached hydrogens (tertiary/aromatic N) is 4. The summed E-state index contributed by atoms with van der Waals surface area (Å²) >= 11 is 15.5. The topological polar surface area (TPSA) is 99.6 Å². The molecule has 0 radical (unpaired) electrons. The minimum absolute atomic E-state index is 0.0252. The van der Waals surface area contributed by atoms with E-state index in [4.69, 9.17) is 27.9 Å². The number of rotatable bonds is 8. The van der Waals surface area contributed by atoms with Gasteiger partial charge in [-0.25, -0.2) is 4.98 Å². The van der Waals surface area contributed by atoms with Crippen molar-refractivity contribution in [3.05, 3.63) is 107 Å². The number of ether oxygens (including phenoxy) is 1. The summed E-state index contributed by atoms with van der Waals surface area (Å²) in [5, 5.41) is 17.3. The van der Waals surface area contributed by atoms with Gasteiger partial charge in [0, 0.05) is 32.1 Å². The Bertz CT molecular complexity index is 1570. The molecule has 1 heterocycles. The van der Waals surface area contributed by atoms with E-state index in [0.29, 0.717) is 21.7 Å². The maximum absolute atomic E-state index is 13.4. The zero-order valence-electron chi connectivity index (χ0n) is 19.8. The van der Waals surface area contributed by atoms with E-state index >= 15 is 0 Å². The van der Waals surface area contributed by atoms with E-state index < -0.39 is 4.92 Å². The van der Waals surface area contributed by atoms with Gasteiger partial charge in [0.1, 0.15) is 12.4 Å². The van der Waals surface area contributed by atoms with Crippen molar-refractivity contribution in [2.75, 3.05) is 0 Å². The Morgan fingerprint density at radius 1 is 1.16 bits per heavy atom. The van der Waals surface area contributed by atoms with E-state index in [-0.39, 0.29) is 40.1 Å². The first-order valence-electron chi connectivity index (χ1n) is 11.3. The molecule has 0 spiro atoms. The van der Waals surface area contributed by atoms with Crippen molar-refractivity contribution in [1.29, 1.82) is 0 Å². The summed E-state index contributed by atoms with van der Waals surface area (Å²) in [6, 6.07) is 14.9. The van der Waals surface area contributed by atoms with E-state index in [1.807, 2.05) is 19.9 Å². The second-order valence-electron chi connectivity index (χ2n) is 8.32. The van der Waals surface area contributed by atoms with Crippen molar-refractivity contribution < 1.29 is 9.66 Å². The minimum Gasteiger partial charge on any atom is -0.481 e. The maximum atomic E-state index is 13.4. The quantitative estimate of drug-likeness (QED) is 0.119. The lowest BCUT2D eigenvalue weighted by Crippen LogP contribution is -2.23. The molecule has 1 aromatic heterocycles. The average Bonchev–Trinajstić information content (AvgIpc) is 2.87. The minimum atomic E-state index is -0.577. The molecule has 0 saturated carbocycles. The van der Waals surface area contributed by atoms with Gasteiger partial charge < -0.3 is 4.74 Å². The molecule has 0 fully saturated rings. The van der Waals surface area contributed by atoms with Crippen LogP contribution in [0.5, 0.6) is 5.75 Å². The highest BCUT2D eigenvalue weighted by atomic mass is 79.9. The molecular formula is C26H21BrCl2N4O4. The second kappa shape index (κ2) is 11.4. The summed E-state index contributed by atoms with van der Waals surface area (Å²) in [4.78, 5) is 29.3. The molecule has 0 amide bonds. The van der Waals surface area contributed by atoms with Crippen LogP contribution in [-0.2, 0) is 6.61 Å². The number of nitro groups is 1. The number of hydrogen-bond donors (Lipinski definition) is 0. The van der Waals surface area contributed by atoms with Crippen molar-refractivity contribution in [2.45, 2.75) is 32.8 Å². The second-order valence-corrected chi connectivity index (χ2v) is 10.1. The first-order chi connectivity index (χ1) is 17.7. The predicted molar refractivity (Wildman–Crippen MR) is 149 cm³/mol. The Kier molecular flexibility index (Phi) is 8.26. The van der Waals surface area contributed by atoms with Crippen LogP contribution in [0.1, 0.15) is 43.1 Å². The standard InChI is InChI=1S/C26H21BrCl2N4O4/c1-3-15(2)25-31-22-9-6-18(27)11-21(22)26(34)32(25)30-13-17-10-20(29)12-23(33(35)36)24(17)37-14-16-4-7-19(28)8-5-16/h4-13,15H,3,14H2,1-2H3/t15-/m1/s1. The SMILES string of the molecule is CC[C@@H](C)c1nc2ccc(Br)cc2c(=O)n1N=Cc1cc(Cl)cc([N+](=O)[O-])c1OCc1ccc(Cl)cc1. The molecule has 4 aromatic rings. The molecule has 190 valence electrons. The lowest BCUT2D eigenvalue weighted by Gasteiger charge is -2.14. The highest BCUT2D eigenvalue weighted by Crippen LogP contribution is 2.34. The molecule has 8 nitrogen and oxygen atoms in total. The summed E-state index contributed by atoms with van der Waals surface area (Å²) in [6.07, 6.45) is 2.05. The van der Waals surface area contributed by atoms with E-state index in [9.17, 15) is 14.9 Å². The van der Waals surface area contributed by atoms with Gasteiger partial charge >= 0.3 is 5.69 Å². The highest BCUT2D eigenvalue weighted by Gasteiger charge is 2.22. The van der Waals surface area contributed by atoms with Crippen molar-refractivity contribution in [3.63, 3.8) is 0 Å². The lowest BCUT2D eigenvalue weighted by atomic mass is 10.1. The molecular weight excluding hydrogens is 583 g/mol. The molecule has 0 saturated heterocycles. The summed E-state index contributed by atoms with van der Waals surface area (Å²) < 4.78 is 7.82. The fraction of sp³-hybridized carbons (Fsp3) is 0.192. The number of halogens is 3. The van der Waals surface area contributed by atoms with E-state index in [1.165, 1.54) is 23.0 Å². The molecule has 0 unspecified atom stereocenters. The maximum Gasteiger partial charge on any atom is 0.313 e. The fourth-order valence-electron chi connectivity index (χ4n) is 3.62. The third-order valence-corrected chi connectivity index (χ3v) is 6.72. The van der Waals surface area contributed by atoms with Gasteiger partial charge in [0.05, 0.1) is 22.0 Å². The van der Waals surface area contributed by atoms with Gasteiger partial charge in [-0.1, -0.05) is 65.1 Å². The molecule has 3 aromatic carbocycles. The third-order valence-electron chi connectivity index (χ3n) is 5.75. The van der Waals surface area contributed by atoms with Gasteiger partial charge in [0.25, 0.3) is 5.56 Å². The summed E-state index contributed by atoms with van der Waals surface area (Å²) in [5.41, 5.74) is 0.872. The van der Waals surface area contributed by atoms with Gasteiger partial charge in [0.15, 0.2) is 0 Å². The van der Waals surface area contributed by atoms with Crippen LogP contribution in [0.4, 0.5) is 5.69 Å². The third kappa shape index (κ3) is 6.01. The van der Waals surface area contributed by atoms with Crippen LogP contribution in [-0.4, -0.2) is 20.8 Å². The van der Waals surface area contributed by atoms with Gasteiger partial charge in [-0.05, 0) is 48.4 Å². The zero-order chi connectivity index (χ0) is 26.7. The molecule has 0 bridgehead atoms. The Hall–Kier alpha value is -3.27. The van der Waals surface area contributed by atoms with Crippen molar-refractivity contribution >= 4 is 61.9 Å². The predicted octanol–water partition coefficient (Wildman–Crippen LogP) is 7.35. The number of nitro benzene ring substituents is 1. The zero-order valence-corrected chi connectivity index (χ0v) is 22.9. The van der Waals surface area contributed by atoms with Gasteiger partial charge in [-0.15, -0.1) is 0 Å². The summed E-state index contributed by atoms with van der Waals surface area (Å²) in [5.74, 6) is 0.369. The lowest BCUT2D eigenvalue weighted by molar-refractivity contribution is -0.385. The monoisotopic (exact) mass is 602 g/mol. The summed E-state index contributed by atoms with van der Waals surface area (Å²) in [6.45, 7) is 3.98. The molecule has 1 atom stereocenters. The van der Waals surface area contributed by atoms with Crippen LogP contribution >= 0.6 is 39.1 Å². The van der Waals surface area contributed by atoms with Gasteiger partial charge in [0.2, 0.25) is 5.75 Å². The van der Waals surface area contributed by atoms with E-state index in [1.54, 1.807) is 36.4 Å². The first kappa shape index (κ1) is 26.8. The van der Waals surface area contributed by atoms with Crippen molar-refractivity contribution in [3.8, 4) is 5.75 Å². The Morgan fingerprint density at radius 2 is 1.89 bits per heavy atom. The van der Waals surface area contributed by atoms with Crippen LogP contribution in [0.15, 0.2) is 69.0 Å². The van der Waals surface area contributed by atoms with Gasteiger partial charge in [-0.3, -0.25) is 14.9 Å². The molecule has 0 aliphatic heterocycles. The molecule has 37 heavy (non-hydrogen) atoms. The molecule has 0 N–H and O–H groups in total. The number of hydrogen-bond acceptors (Lipinski definition) is 6. The smallest absolute Gasteiger partial charge is 0.313 e. The van der Waals surface area contributed by atoms with Crippen molar-refractivity contribution in [1.82, 2.24) is 9.66 Å². The molecule has 0 aliphatic rings.